The average molecular weight is 269 g/mol. The molecule has 1 aromatic rings. The molecule has 1 fully saturated rings. The largest absolute Gasteiger partial charge is 0.382 e. The van der Waals surface area contributed by atoms with Crippen LogP contribution in [-0.2, 0) is 22.4 Å². The van der Waals surface area contributed by atoms with Gasteiger partial charge < -0.3 is 14.0 Å². The van der Waals surface area contributed by atoms with E-state index >= 15 is 0 Å². The number of morpholine rings is 1. The van der Waals surface area contributed by atoms with Crippen LogP contribution in [0.25, 0.3) is 0 Å². The van der Waals surface area contributed by atoms with Gasteiger partial charge in [-0.15, -0.1) is 0 Å². The monoisotopic (exact) mass is 269 g/mol. The quantitative estimate of drug-likeness (QED) is 0.802. The molecule has 0 aromatic carbocycles. The van der Waals surface area contributed by atoms with Crippen LogP contribution in [-0.4, -0.2) is 53.6 Å². The van der Waals surface area contributed by atoms with E-state index < -0.39 is 0 Å². The third-order valence-corrected chi connectivity index (χ3v) is 3.08. The molecule has 0 radical (unpaired) electrons. The molecule has 1 atom stereocenters. The molecule has 0 saturated carbocycles. The number of rotatable bonds is 5. The average Bonchev–Trinajstić information content (AvgIpc) is 2.75. The third-order valence-electron chi connectivity index (χ3n) is 3.08. The molecule has 1 aliphatic heterocycles. The van der Waals surface area contributed by atoms with Crippen LogP contribution in [0.15, 0.2) is 4.52 Å². The number of ether oxygens (including phenoxy) is 2. The van der Waals surface area contributed by atoms with Crippen LogP contribution in [0.2, 0.25) is 0 Å². The smallest absolute Gasteiger partial charge is 0.226 e. The minimum Gasteiger partial charge on any atom is -0.382 e. The number of methoxy groups -OCH3 is 1. The van der Waals surface area contributed by atoms with Gasteiger partial charge in [-0.3, -0.25) is 4.90 Å². The Balaban J connectivity index is 1.98. The Morgan fingerprint density at radius 2 is 2.26 bits per heavy atom. The number of aromatic nitrogens is 2. The van der Waals surface area contributed by atoms with Gasteiger partial charge in [0.15, 0.2) is 5.82 Å². The number of hydrogen-bond donors (Lipinski definition) is 0. The molecule has 0 aliphatic carbocycles. The van der Waals surface area contributed by atoms with E-state index in [1.807, 2.05) is 6.92 Å². The molecular weight excluding hydrogens is 246 g/mol. The first kappa shape index (κ1) is 14.4. The summed E-state index contributed by atoms with van der Waals surface area (Å²) in [7, 11) is 1.70. The Morgan fingerprint density at radius 3 is 2.89 bits per heavy atom. The Labute approximate surface area is 114 Å². The lowest BCUT2D eigenvalue weighted by molar-refractivity contribution is -0.154. The Morgan fingerprint density at radius 1 is 1.47 bits per heavy atom. The molecule has 1 aliphatic rings. The molecular formula is C13H23N3O3. The predicted octanol–water partition coefficient (Wildman–Crippen LogP) is 1.26. The van der Waals surface area contributed by atoms with Crippen LogP contribution in [0.1, 0.15) is 32.5 Å². The topological polar surface area (TPSA) is 60.6 Å². The predicted molar refractivity (Wildman–Crippen MR) is 69.8 cm³/mol. The van der Waals surface area contributed by atoms with Gasteiger partial charge in [0.2, 0.25) is 5.89 Å². The van der Waals surface area contributed by atoms with Crippen molar-refractivity contribution in [2.24, 2.45) is 0 Å². The summed E-state index contributed by atoms with van der Waals surface area (Å²) in [5, 5.41) is 4.00. The summed E-state index contributed by atoms with van der Waals surface area (Å²) in [5.41, 5.74) is -0.182. The Bertz CT molecular complexity index is 406. The molecule has 0 bridgehead atoms. The fourth-order valence-electron chi connectivity index (χ4n) is 2.51. The first-order chi connectivity index (χ1) is 9.02. The van der Waals surface area contributed by atoms with Crippen molar-refractivity contribution in [3.05, 3.63) is 11.7 Å². The summed E-state index contributed by atoms with van der Waals surface area (Å²) < 4.78 is 16.3. The third kappa shape index (κ3) is 3.99. The van der Waals surface area contributed by atoms with Crippen molar-refractivity contribution in [1.29, 1.82) is 0 Å². The maximum absolute atomic E-state index is 5.98. The van der Waals surface area contributed by atoms with Crippen LogP contribution in [0.4, 0.5) is 0 Å². The van der Waals surface area contributed by atoms with E-state index in [0.717, 1.165) is 25.3 Å². The summed E-state index contributed by atoms with van der Waals surface area (Å²) >= 11 is 0. The van der Waals surface area contributed by atoms with E-state index in [1.165, 1.54) is 0 Å². The molecule has 1 aromatic heterocycles. The highest BCUT2D eigenvalue weighted by Gasteiger charge is 2.33. The van der Waals surface area contributed by atoms with Gasteiger partial charge in [0.25, 0.3) is 0 Å². The molecule has 6 nitrogen and oxygen atoms in total. The number of aryl methyl sites for hydroxylation is 1. The standard InChI is InChI=1S/C13H23N3O3/c1-5-12-14-11(15-19-12)7-16-6-10(8-17-4)18-13(2,3)9-16/h10H,5-9H2,1-4H3. The summed E-state index contributed by atoms with van der Waals surface area (Å²) in [5.74, 6) is 1.43. The molecule has 6 heteroatoms. The fraction of sp³-hybridized carbons (Fsp3) is 0.846. The van der Waals surface area contributed by atoms with Gasteiger partial charge in [0, 0.05) is 26.6 Å². The molecule has 0 amide bonds. The zero-order valence-corrected chi connectivity index (χ0v) is 12.2. The number of hydrogen-bond acceptors (Lipinski definition) is 6. The van der Waals surface area contributed by atoms with E-state index in [4.69, 9.17) is 14.0 Å². The fourth-order valence-corrected chi connectivity index (χ4v) is 2.51. The van der Waals surface area contributed by atoms with Gasteiger partial charge in [0.1, 0.15) is 0 Å². The van der Waals surface area contributed by atoms with Crippen molar-refractivity contribution < 1.29 is 14.0 Å². The Hall–Kier alpha value is -0.980. The first-order valence-corrected chi connectivity index (χ1v) is 6.73. The minimum absolute atomic E-state index is 0.0892. The van der Waals surface area contributed by atoms with Crippen LogP contribution >= 0.6 is 0 Å². The van der Waals surface area contributed by atoms with Gasteiger partial charge in [-0.2, -0.15) is 4.98 Å². The summed E-state index contributed by atoms with van der Waals surface area (Å²) in [6.45, 7) is 9.16. The van der Waals surface area contributed by atoms with E-state index in [2.05, 4.69) is 28.9 Å². The minimum atomic E-state index is -0.182. The van der Waals surface area contributed by atoms with Crippen molar-refractivity contribution in [1.82, 2.24) is 15.0 Å². The highest BCUT2D eigenvalue weighted by molar-refractivity contribution is 4.90. The summed E-state index contributed by atoms with van der Waals surface area (Å²) in [4.78, 5) is 6.64. The van der Waals surface area contributed by atoms with E-state index in [1.54, 1.807) is 7.11 Å². The van der Waals surface area contributed by atoms with Crippen LogP contribution < -0.4 is 0 Å². The van der Waals surface area contributed by atoms with Crippen molar-refractivity contribution >= 4 is 0 Å². The molecule has 0 spiro atoms. The summed E-state index contributed by atoms with van der Waals surface area (Å²) in [6, 6.07) is 0. The molecule has 108 valence electrons. The van der Waals surface area contributed by atoms with E-state index in [0.29, 0.717) is 19.0 Å². The van der Waals surface area contributed by atoms with E-state index in [9.17, 15) is 0 Å². The lowest BCUT2D eigenvalue weighted by atomic mass is 10.1. The van der Waals surface area contributed by atoms with Crippen LogP contribution in [0, 0.1) is 0 Å². The van der Waals surface area contributed by atoms with Crippen LogP contribution in [0.5, 0.6) is 0 Å². The lowest BCUT2D eigenvalue weighted by Gasteiger charge is -2.42. The maximum atomic E-state index is 5.98. The molecule has 1 unspecified atom stereocenters. The second-order valence-corrected chi connectivity index (χ2v) is 5.58. The SMILES string of the molecule is CCc1nc(CN2CC(COC)OC(C)(C)C2)no1. The van der Waals surface area contributed by atoms with Crippen molar-refractivity contribution in [3.8, 4) is 0 Å². The highest BCUT2D eigenvalue weighted by Crippen LogP contribution is 2.22. The first-order valence-electron chi connectivity index (χ1n) is 6.73. The second kappa shape index (κ2) is 5.98. The zero-order chi connectivity index (χ0) is 13.9. The number of nitrogens with zero attached hydrogens (tertiary/aromatic N) is 3. The molecule has 1 saturated heterocycles. The van der Waals surface area contributed by atoms with Crippen molar-refractivity contribution in [3.63, 3.8) is 0 Å². The second-order valence-electron chi connectivity index (χ2n) is 5.58. The zero-order valence-electron chi connectivity index (χ0n) is 12.2. The highest BCUT2D eigenvalue weighted by atomic mass is 16.5. The van der Waals surface area contributed by atoms with Crippen LogP contribution in [0.3, 0.4) is 0 Å². The lowest BCUT2D eigenvalue weighted by Crippen LogP contribution is -2.53. The van der Waals surface area contributed by atoms with Gasteiger partial charge in [-0.25, -0.2) is 0 Å². The van der Waals surface area contributed by atoms with E-state index in [-0.39, 0.29) is 11.7 Å². The molecule has 2 heterocycles. The van der Waals surface area contributed by atoms with Gasteiger partial charge in [-0.1, -0.05) is 12.1 Å². The molecule has 2 rings (SSSR count). The summed E-state index contributed by atoms with van der Waals surface area (Å²) in [6.07, 6.45) is 0.861. The van der Waals surface area contributed by atoms with Gasteiger partial charge in [-0.05, 0) is 13.8 Å². The van der Waals surface area contributed by atoms with Crippen molar-refractivity contribution in [2.45, 2.75) is 45.4 Å². The van der Waals surface area contributed by atoms with Gasteiger partial charge in [0.05, 0.1) is 24.9 Å². The van der Waals surface area contributed by atoms with Crippen molar-refractivity contribution in [2.75, 3.05) is 26.8 Å². The Kier molecular flexibility index (Phi) is 4.54. The molecule has 0 N–H and O–H groups in total. The van der Waals surface area contributed by atoms with Gasteiger partial charge >= 0.3 is 0 Å². The normalized spacial score (nSPS) is 23.7. The molecule has 19 heavy (non-hydrogen) atoms. The maximum Gasteiger partial charge on any atom is 0.226 e.